The fraction of sp³-hybridized carbons (Fsp3) is 0.231. The van der Waals surface area contributed by atoms with Crippen LogP contribution in [0.25, 0.3) is 0 Å². The number of halogens is 1. The van der Waals surface area contributed by atoms with Gasteiger partial charge in [-0.2, -0.15) is 0 Å². The Kier molecular flexibility index (Phi) is 5.13. The van der Waals surface area contributed by atoms with Crippen molar-refractivity contribution in [2.45, 2.75) is 18.2 Å². The molecular weight excluding hydrogens is 356 g/mol. The number of hydrogen-bond acceptors (Lipinski definition) is 5. The Morgan fingerprint density at radius 3 is 2.81 bits per heavy atom. The molecule has 0 unspecified atom stereocenters. The van der Waals surface area contributed by atoms with Crippen molar-refractivity contribution < 1.29 is 8.42 Å². The first-order chi connectivity index (χ1) is 10.0. The summed E-state index contributed by atoms with van der Waals surface area (Å²) in [5.41, 5.74) is 0.435. The molecule has 0 aromatic carbocycles. The first kappa shape index (κ1) is 15.7. The molecule has 2 aromatic heterocycles. The molecule has 0 aliphatic rings. The number of nitrogens with one attached hydrogen (secondary N) is 2. The van der Waals surface area contributed by atoms with E-state index in [0.717, 1.165) is 13.0 Å². The molecule has 0 bridgehead atoms. The second-order valence-electron chi connectivity index (χ2n) is 4.26. The van der Waals surface area contributed by atoms with Crippen molar-refractivity contribution in [2.24, 2.45) is 0 Å². The molecule has 0 saturated carbocycles. The van der Waals surface area contributed by atoms with Gasteiger partial charge in [0.1, 0.15) is 5.82 Å². The van der Waals surface area contributed by atoms with Crippen LogP contribution in [0.4, 0.5) is 11.5 Å². The number of aromatic nitrogens is 2. The fourth-order valence-corrected chi connectivity index (χ4v) is 3.16. The summed E-state index contributed by atoms with van der Waals surface area (Å²) in [4.78, 5) is 8.14. The van der Waals surface area contributed by atoms with Crippen LogP contribution in [0.1, 0.15) is 13.3 Å². The van der Waals surface area contributed by atoms with Gasteiger partial charge >= 0.3 is 0 Å². The molecule has 0 fully saturated rings. The maximum Gasteiger partial charge on any atom is 0.262 e. The van der Waals surface area contributed by atoms with E-state index in [1.807, 2.05) is 6.92 Å². The highest BCUT2D eigenvalue weighted by atomic mass is 79.9. The molecule has 0 amide bonds. The molecular formula is C13H15BrN4O2S. The summed E-state index contributed by atoms with van der Waals surface area (Å²) < 4.78 is 27.8. The molecule has 0 aliphatic heterocycles. The zero-order chi connectivity index (χ0) is 15.3. The van der Waals surface area contributed by atoms with Crippen LogP contribution < -0.4 is 10.0 Å². The van der Waals surface area contributed by atoms with E-state index in [4.69, 9.17) is 0 Å². The molecule has 6 nitrogen and oxygen atoms in total. The van der Waals surface area contributed by atoms with Crippen molar-refractivity contribution in [1.29, 1.82) is 0 Å². The Balaban J connectivity index is 2.25. The van der Waals surface area contributed by atoms with Crippen molar-refractivity contribution in [1.82, 2.24) is 9.97 Å². The molecule has 112 valence electrons. The molecule has 2 N–H and O–H groups in total. The first-order valence-corrected chi connectivity index (χ1v) is 8.63. The van der Waals surface area contributed by atoms with E-state index in [9.17, 15) is 8.42 Å². The molecule has 0 saturated heterocycles. The van der Waals surface area contributed by atoms with Crippen LogP contribution in [0, 0.1) is 0 Å². The monoisotopic (exact) mass is 370 g/mol. The highest BCUT2D eigenvalue weighted by Crippen LogP contribution is 2.24. The van der Waals surface area contributed by atoms with Gasteiger partial charge in [-0.25, -0.2) is 13.4 Å². The minimum atomic E-state index is -3.67. The third-order valence-corrected chi connectivity index (χ3v) is 4.61. The topological polar surface area (TPSA) is 84.0 Å². The Labute approximate surface area is 132 Å². The molecule has 0 atom stereocenters. The van der Waals surface area contributed by atoms with Gasteiger partial charge in [0.2, 0.25) is 0 Å². The van der Waals surface area contributed by atoms with E-state index in [1.54, 1.807) is 6.07 Å². The van der Waals surface area contributed by atoms with E-state index in [0.29, 0.717) is 16.0 Å². The van der Waals surface area contributed by atoms with Crippen LogP contribution >= 0.6 is 15.9 Å². The normalized spacial score (nSPS) is 11.1. The molecule has 2 aromatic rings. The second kappa shape index (κ2) is 6.86. The largest absolute Gasteiger partial charge is 0.370 e. The van der Waals surface area contributed by atoms with Gasteiger partial charge in [0.05, 0.1) is 15.1 Å². The van der Waals surface area contributed by atoms with Crippen LogP contribution in [-0.4, -0.2) is 24.9 Å². The fourth-order valence-electron chi connectivity index (χ4n) is 1.59. The Bertz CT molecular complexity index is 722. The SMILES string of the molecule is CCCNc1cc(S(=O)(=O)Nc2ccncc2Br)ccn1. The van der Waals surface area contributed by atoms with Crippen LogP contribution in [0.3, 0.4) is 0 Å². The third-order valence-electron chi connectivity index (χ3n) is 2.61. The van der Waals surface area contributed by atoms with Gasteiger partial charge in [-0.3, -0.25) is 9.71 Å². The molecule has 0 aliphatic carbocycles. The lowest BCUT2D eigenvalue weighted by atomic mass is 10.4. The van der Waals surface area contributed by atoms with Crippen LogP contribution in [0.15, 0.2) is 46.2 Å². The highest BCUT2D eigenvalue weighted by Gasteiger charge is 2.16. The zero-order valence-corrected chi connectivity index (χ0v) is 13.8. The van der Waals surface area contributed by atoms with Crippen LogP contribution in [0.2, 0.25) is 0 Å². The average Bonchev–Trinajstić information content (AvgIpc) is 2.48. The lowest BCUT2D eigenvalue weighted by molar-refractivity contribution is 0.601. The van der Waals surface area contributed by atoms with Crippen molar-refractivity contribution in [3.05, 3.63) is 41.3 Å². The lowest BCUT2D eigenvalue weighted by Crippen LogP contribution is -2.14. The number of anilines is 2. The zero-order valence-electron chi connectivity index (χ0n) is 11.4. The van der Waals surface area contributed by atoms with E-state index in [2.05, 4.69) is 35.9 Å². The summed E-state index contributed by atoms with van der Waals surface area (Å²) in [5.74, 6) is 0.536. The summed E-state index contributed by atoms with van der Waals surface area (Å²) in [6, 6.07) is 4.54. The molecule has 2 rings (SSSR count). The minimum absolute atomic E-state index is 0.153. The number of nitrogens with zero attached hydrogens (tertiary/aromatic N) is 2. The van der Waals surface area contributed by atoms with E-state index < -0.39 is 10.0 Å². The smallest absolute Gasteiger partial charge is 0.262 e. The predicted molar refractivity (Wildman–Crippen MR) is 85.8 cm³/mol. The average molecular weight is 371 g/mol. The summed E-state index contributed by atoms with van der Waals surface area (Å²) in [6.07, 6.45) is 5.44. The van der Waals surface area contributed by atoms with Gasteiger partial charge in [0.15, 0.2) is 0 Å². The molecule has 8 heteroatoms. The minimum Gasteiger partial charge on any atom is -0.370 e. The van der Waals surface area contributed by atoms with Crippen molar-refractivity contribution >= 4 is 37.5 Å². The summed E-state index contributed by atoms with van der Waals surface area (Å²) >= 11 is 3.26. The summed E-state index contributed by atoms with van der Waals surface area (Å²) in [6.45, 7) is 2.76. The standard InChI is InChI=1S/C13H15BrN4O2S/c1-2-5-16-13-8-10(3-7-17-13)21(19,20)18-12-4-6-15-9-11(12)14/h3-4,6-9H,2,5H2,1H3,(H,15,18)(H,16,17). The van der Waals surface area contributed by atoms with Gasteiger partial charge in [0, 0.05) is 31.2 Å². The predicted octanol–water partition coefficient (Wildman–Crippen LogP) is 2.86. The van der Waals surface area contributed by atoms with Crippen molar-refractivity contribution in [3.8, 4) is 0 Å². The number of pyridine rings is 2. The molecule has 2 heterocycles. The van der Waals surface area contributed by atoms with E-state index in [-0.39, 0.29) is 4.90 Å². The van der Waals surface area contributed by atoms with Gasteiger partial charge in [-0.05, 0) is 34.5 Å². The number of sulfonamides is 1. The molecule has 21 heavy (non-hydrogen) atoms. The van der Waals surface area contributed by atoms with Crippen LogP contribution in [0.5, 0.6) is 0 Å². The lowest BCUT2D eigenvalue weighted by Gasteiger charge is -2.10. The maximum atomic E-state index is 12.4. The Hall–Kier alpha value is -1.67. The Morgan fingerprint density at radius 1 is 1.29 bits per heavy atom. The summed E-state index contributed by atoms with van der Waals surface area (Å²) in [7, 11) is -3.67. The van der Waals surface area contributed by atoms with Crippen LogP contribution in [-0.2, 0) is 10.0 Å². The first-order valence-electron chi connectivity index (χ1n) is 6.35. The van der Waals surface area contributed by atoms with Gasteiger partial charge in [-0.15, -0.1) is 0 Å². The Morgan fingerprint density at radius 2 is 2.10 bits per heavy atom. The summed E-state index contributed by atoms with van der Waals surface area (Å²) in [5, 5.41) is 3.06. The van der Waals surface area contributed by atoms with E-state index >= 15 is 0 Å². The molecule has 0 spiro atoms. The van der Waals surface area contributed by atoms with Crippen molar-refractivity contribution in [3.63, 3.8) is 0 Å². The second-order valence-corrected chi connectivity index (χ2v) is 6.80. The van der Waals surface area contributed by atoms with Gasteiger partial charge < -0.3 is 5.32 Å². The van der Waals surface area contributed by atoms with Crippen molar-refractivity contribution in [2.75, 3.05) is 16.6 Å². The van der Waals surface area contributed by atoms with E-state index in [1.165, 1.54) is 30.7 Å². The maximum absolute atomic E-state index is 12.4. The van der Waals surface area contributed by atoms with Gasteiger partial charge in [-0.1, -0.05) is 6.92 Å². The van der Waals surface area contributed by atoms with Gasteiger partial charge in [0.25, 0.3) is 10.0 Å². The number of rotatable bonds is 6. The number of hydrogen-bond donors (Lipinski definition) is 2. The quantitative estimate of drug-likeness (QED) is 0.816. The highest BCUT2D eigenvalue weighted by molar-refractivity contribution is 9.10. The molecule has 0 radical (unpaired) electrons. The third kappa shape index (κ3) is 4.15.